The van der Waals surface area contributed by atoms with Gasteiger partial charge in [0.15, 0.2) is 29.3 Å². The zero-order valence-electron chi connectivity index (χ0n) is 23.8. The summed E-state index contributed by atoms with van der Waals surface area (Å²) >= 11 is 0. The van der Waals surface area contributed by atoms with Crippen LogP contribution < -0.4 is 4.74 Å². The largest absolute Gasteiger partial charge is 0.485 e. The minimum atomic E-state index is -5.11. The van der Waals surface area contributed by atoms with E-state index < -0.39 is 59.2 Å². The van der Waals surface area contributed by atoms with Gasteiger partial charge in [0.05, 0.1) is 11.9 Å². The Morgan fingerprint density at radius 2 is 1.72 bits per heavy atom. The van der Waals surface area contributed by atoms with Gasteiger partial charge >= 0.3 is 12.1 Å². The van der Waals surface area contributed by atoms with E-state index in [-0.39, 0.29) is 35.0 Å². The average molecular weight is 655 g/mol. The van der Waals surface area contributed by atoms with E-state index in [9.17, 15) is 40.6 Å². The first-order valence-corrected chi connectivity index (χ1v) is 14.0. The molecule has 1 N–H and O–H groups in total. The number of hydrogen-bond donors (Lipinski definition) is 1. The first kappa shape index (κ1) is 32.9. The second-order valence-corrected chi connectivity index (χ2v) is 10.7. The van der Waals surface area contributed by atoms with Crippen molar-refractivity contribution in [1.29, 1.82) is 0 Å². The fourth-order valence-corrected chi connectivity index (χ4v) is 5.36. The van der Waals surface area contributed by atoms with Crippen LogP contribution in [0.3, 0.4) is 0 Å². The number of benzene rings is 2. The summed E-state index contributed by atoms with van der Waals surface area (Å²) in [6.07, 6.45) is -8.47. The van der Waals surface area contributed by atoms with Gasteiger partial charge in [-0.2, -0.15) is 18.3 Å². The van der Waals surface area contributed by atoms with E-state index in [0.29, 0.717) is 43.8 Å². The molecular weight excluding hydrogens is 628 g/mol. The summed E-state index contributed by atoms with van der Waals surface area (Å²) in [6.45, 7) is 0.469. The Kier molecular flexibility index (Phi) is 9.60. The Labute approximate surface area is 257 Å². The second kappa shape index (κ2) is 13.4. The number of aromatic nitrogens is 3. The molecule has 1 aliphatic heterocycles. The van der Waals surface area contributed by atoms with E-state index in [1.807, 2.05) is 12.1 Å². The molecule has 1 fully saturated rings. The molecule has 244 valence electrons. The first-order valence-electron chi connectivity index (χ1n) is 14.0. The zero-order chi connectivity index (χ0) is 33.2. The van der Waals surface area contributed by atoms with Gasteiger partial charge in [-0.1, -0.05) is 30.3 Å². The Morgan fingerprint density at radius 3 is 2.35 bits per heavy atom. The van der Waals surface area contributed by atoms with Crippen molar-refractivity contribution < 1.29 is 49.8 Å². The van der Waals surface area contributed by atoms with Crippen LogP contribution in [-0.4, -0.2) is 63.0 Å². The third-order valence-electron chi connectivity index (χ3n) is 7.63. The molecule has 0 spiro atoms. The zero-order valence-corrected chi connectivity index (χ0v) is 23.8. The van der Waals surface area contributed by atoms with Gasteiger partial charge in [-0.3, -0.25) is 0 Å². The normalized spacial score (nSPS) is 15.3. The van der Waals surface area contributed by atoms with E-state index in [2.05, 4.69) is 10.1 Å². The molecule has 3 heterocycles. The van der Waals surface area contributed by atoms with Crippen molar-refractivity contribution in [2.75, 3.05) is 19.6 Å². The number of pyridine rings is 1. The summed E-state index contributed by atoms with van der Waals surface area (Å²) in [5.41, 5.74) is -1.46. The lowest BCUT2D eigenvalue weighted by atomic mass is 9.89. The Balaban J connectivity index is 1.33. The Morgan fingerprint density at radius 1 is 1.02 bits per heavy atom. The number of carboxylic acids is 1. The third kappa shape index (κ3) is 7.30. The second-order valence-electron chi connectivity index (χ2n) is 10.7. The molecule has 46 heavy (non-hydrogen) atoms. The fourth-order valence-electron chi connectivity index (χ4n) is 5.36. The maximum Gasteiger partial charge on any atom is 0.434 e. The molecule has 1 saturated heterocycles. The molecular formula is C31H26F8N4O3. The summed E-state index contributed by atoms with van der Waals surface area (Å²) < 4.78 is 115. The van der Waals surface area contributed by atoms with E-state index >= 15 is 4.39 Å². The highest BCUT2D eigenvalue weighted by Gasteiger charge is 2.41. The molecule has 4 aromatic rings. The van der Waals surface area contributed by atoms with Crippen LogP contribution in [0.4, 0.5) is 35.1 Å². The molecule has 0 radical (unpaired) electrons. The lowest BCUT2D eigenvalue weighted by molar-refractivity contribution is -0.143. The predicted octanol–water partition coefficient (Wildman–Crippen LogP) is 7.29. The molecule has 15 heteroatoms. The standard InChI is InChI=1S/C31H26F8N4O3/c32-20-12-21(25-2-1-3-26(41-25)43-28(31(37,38)39)22(14-40-43)30(44)45)27(23(33)13-20)46-16-17-4-6-18(7-5-17)19-8-10-42(11-9-19)15-24(34)29(35)36/h1-7,12-14,19,24,29H,8-11,15-16H2,(H,44,45). The van der Waals surface area contributed by atoms with Crippen molar-refractivity contribution in [2.24, 2.45) is 0 Å². The van der Waals surface area contributed by atoms with Gasteiger partial charge in [0.2, 0.25) is 0 Å². The van der Waals surface area contributed by atoms with Crippen LogP contribution in [0.15, 0.2) is 60.8 Å². The van der Waals surface area contributed by atoms with Crippen LogP contribution in [0.2, 0.25) is 0 Å². The smallest absolute Gasteiger partial charge is 0.434 e. The van der Waals surface area contributed by atoms with Gasteiger partial charge in [-0.25, -0.2) is 36.4 Å². The van der Waals surface area contributed by atoms with Gasteiger partial charge in [0.1, 0.15) is 18.0 Å². The number of carboxylic acid groups (broad SMARTS) is 1. The lowest BCUT2D eigenvalue weighted by Gasteiger charge is -2.32. The van der Waals surface area contributed by atoms with Gasteiger partial charge in [-0.05, 0) is 61.2 Å². The molecule has 1 aliphatic rings. The maximum absolute atomic E-state index is 15.0. The Hall–Kier alpha value is -4.53. The molecule has 0 aliphatic carbocycles. The summed E-state index contributed by atoms with van der Waals surface area (Å²) in [6, 6.07) is 12.3. The van der Waals surface area contributed by atoms with Crippen molar-refractivity contribution in [3.8, 4) is 22.8 Å². The van der Waals surface area contributed by atoms with Gasteiger partial charge in [0.25, 0.3) is 6.43 Å². The fraction of sp³-hybridized carbons (Fsp3) is 0.323. The summed E-state index contributed by atoms with van der Waals surface area (Å²) in [7, 11) is 0. The Bertz CT molecular complexity index is 1690. The number of hydrogen-bond acceptors (Lipinski definition) is 5. The maximum atomic E-state index is 15.0. The van der Waals surface area contributed by atoms with Crippen LogP contribution in [0, 0.1) is 11.6 Å². The quantitative estimate of drug-likeness (QED) is 0.181. The molecule has 2 aromatic carbocycles. The molecule has 0 saturated carbocycles. The number of nitrogens with zero attached hydrogens (tertiary/aromatic N) is 4. The van der Waals surface area contributed by atoms with Crippen LogP contribution >= 0.6 is 0 Å². The van der Waals surface area contributed by atoms with E-state index in [1.165, 1.54) is 12.1 Å². The summed E-state index contributed by atoms with van der Waals surface area (Å²) in [5, 5.41) is 12.7. The molecule has 7 nitrogen and oxygen atoms in total. The first-order chi connectivity index (χ1) is 21.8. The highest BCUT2D eigenvalue weighted by molar-refractivity contribution is 5.89. The van der Waals surface area contributed by atoms with E-state index in [4.69, 9.17) is 4.74 Å². The highest BCUT2D eigenvalue weighted by Crippen LogP contribution is 2.36. The molecule has 5 rings (SSSR count). The van der Waals surface area contributed by atoms with Crippen LogP contribution in [0.5, 0.6) is 5.75 Å². The SMILES string of the molecule is O=C(O)c1cnn(-c2cccc(-c3cc(F)cc(F)c3OCc3ccc(C4CCN(CC(F)C(F)F)CC4)cc3)n2)c1C(F)(F)F. The number of ether oxygens (including phenoxy) is 1. The number of piperidine rings is 1. The summed E-state index contributed by atoms with van der Waals surface area (Å²) in [4.78, 5) is 17.1. The van der Waals surface area contributed by atoms with E-state index in [0.717, 1.165) is 17.7 Å². The van der Waals surface area contributed by atoms with Crippen molar-refractivity contribution in [3.05, 3.63) is 94.8 Å². The van der Waals surface area contributed by atoms with Crippen molar-refractivity contribution in [3.63, 3.8) is 0 Å². The van der Waals surface area contributed by atoms with Crippen LogP contribution in [0.1, 0.15) is 45.9 Å². The molecule has 0 amide bonds. The predicted molar refractivity (Wildman–Crippen MR) is 149 cm³/mol. The number of alkyl halides is 6. The number of likely N-dealkylation sites (tertiary alicyclic amines) is 1. The third-order valence-corrected chi connectivity index (χ3v) is 7.63. The molecule has 2 aromatic heterocycles. The topological polar surface area (TPSA) is 80.5 Å². The summed E-state index contributed by atoms with van der Waals surface area (Å²) in [5.74, 6) is -4.67. The van der Waals surface area contributed by atoms with Crippen LogP contribution in [0.25, 0.3) is 17.1 Å². The minimum Gasteiger partial charge on any atom is -0.485 e. The van der Waals surface area contributed by atoms with Gasteiger partial charge in [0, 0.05) is 18.2 Å². The highest BCUT2D eigenvalue weighted by atomic mass is 19.4. The minimum absolute atomic E-state index is 0.134. The van der Waals surface area contributed by atoms with Gasteiger partial charge < -0.3 is 14.7 Å². The molecule has 1 unspecified atom stereocenters. The lowest BCUT2D eigenvalue weighted by Crippen LogP contribution is -2.39. The number of carbonyl (C=O) groups is 1. The van der Waals surface area contributed by atoms with E-state index in [1.54, 1.807) is 17.0 Å². The van der Waals surface area contributed by atoms with Crippen LogP contribution in [-0.2, 0) is 12.8 Å². The van der Waals surface area contributed by atoms with Gasteiger partial charge in [-0.15, -0.1) is 0 Å². The number of rotatable bonds is 10. The monoisotopic (exact) mass is 654 g/mol. The molecule has 0 bridgehead atoms. The number of halogens is 8. The van der Waals surface area contributed by atoms with Crippen molar-refractivity contribution in [1.82, 2.24) is 19.7 Å². The van der Waals surface area contributed by atoms with Crippen molar-refractivity contribution in [2.45, 2.75) is 44.1 Å². The number of aromatic carboxylic acids is 1. The average Bonchev–Trinajstić information content (AvgIpc) is 3.48. The van der Waals surface area contributed by atoms with Crippen molar-refractivity contribution >= 4 is 5.97 Å². The molecule has 1 atom stereocenters.